The molecule has 0 bridgehead atoms. The first-order valence-corrected chi connectivity index (χ1v) is 6.34. The maximum absolute atomic E-state index is 10.6. The van der Waals surface area contributed by atoms with E-state index in [9.17, 15) is 14.9 Å². The summed E-state index contributed by atoms with van der Waals surface area (Å²) in [6.45, 7) is 0. The number of nitrogens with zero attached hydrogens (tertiary/aromatic N) is 4. The molecule has 0 fully saturated rings. The van der Waals surface area contributed by atoms with Crippen molar-refractivity contribution in [3.05, 3.63) is 44.7 Å². The standard InChI is InChI=1S/C11H9BrN4O4/c12-9-5-8(16(19)20)2-3-10(9)15-6-7(13-14-15)1-4-11(17)18/h2-3,5-6H,1,4H2,(H,17,18). The lowest BCUT2D eigenvalue weighted by Gasteiger charge is -2.02. The summed E-state index contributed by atoms with van der Waals surface area (Å²) < 4.78 is 1.94. The number of carbonyl (C=O) groups is 1. The molecular formula is C11H9BrN4O4. The molecule has 1 heterocycles. The fourth-order valence-electron chi connectivity index (χ4n) is 1.56. The monoisotopic (exact) mass is 340 g/mol. The third-order valence-electron chi connectivity index (χ3n) is 2.52. The molecule has 104 valence electrons. The summed E-state index contributed by atoms with van der Waals surface area (Å²) in [5.74, 6) is -0.906. The van der Waals surface area contributed by atoms with Crippen LogP contribution in [0.1, 0.15) is 12.1 Å². The zero-order valence-corrected chi connectivity index (χ0v) is 11.6. The Morgan fingerprint density at radius 2 is 2.25 bits per heavy atom. The number of nitro groups is 1. The van der Waals surface area contributed by atoms with Gasteiger partial charge in [0.05, 0.1) is 33.4 Å². The van der Waals surface area contributed by atoms with Gasteiger partial charge < -0.3 is 5.11 Å². The number of rotatable bonds is 5. The summed E-state index contributed by atoms with van der Waals surface area (Å²) in [4.78, 5) is 20.6. The van der Waals surface area contributed by atoms with Gasteiger partial charge in [-0.15, -0.1) is 5.10 Å². The lowest BCUT2D eigenvalue weighted by molar-refractivity contribution is -0.384. The maximum atomic E-state index is 10.6. The van der Waals surface area contributed by atoms with Crippen LogP contribution in [-0.4, -0.2) is 31.0 Å². The molecule has 0 unspecified atom stereocenters. The van der Waals surface area contributed by atoms with Crippen molar-refractivity contribution >= 4 is 27.6 Å². The zero-order valence-electron chi connectivity index (χ0n) is 10.1. The average molecular weight is 341 g/mol. The Hall–Kier alpha value is -2.29. The van der Waals surface area contributed by atoms with Crippen molar-refractivity contribution in [3.8, 4) is 5.69 Å². The van der Waals surface area contributed by atoms with Crippen molar-refractivity contribution in [3.63, 3.8) is 0 Å². The van der Waals surface area contributed by atoms with Crippen LogP contribution in [0.2, 0.25) is 0 Å². The van der Waals surface area contributed by atoms with E-state index in [1.165, 1.54) is 22.9 Å². The Morgan fingerprint density at radius 3 is 2.85 bits per heavy atom. The number of aromatic nitrogens is 3. The number of carboxylic acids is 1. The van der Waals surface area contributed by atoms with E-state index in [1.807, 2.05) is 0 Å². The minimum Gasteiger partial charge on any atom is -0.481 e. The minimum absolute atomic E-state index is 0.0277. The second kappa shape index (κ2) is 5.78. The Balaban J connectivity index is 2.23. The molecule has 0 aliphatic rings. The summed E-state index contributed by atoms with van der Waals surface area (Å²) in [5, 5.41) is 27.0. The van der Waals surface area contributed by atoms with Gasteiger partial charge in [0, 0.05) is 18.6 Å². The van der Waals surface area contributed by atoms with Gasteiger partial charge in [0.1, 0.15) is 0 Å². The van der Waals surface area contributed by atoms with Gasteiger partial charge in [0.2, 0.25) is 0 Å². The van der Waals surface area contributed by atoms with Crippen LogP contribution in [0.25, 0.3) is 5.69 Å². The second-order valence-electron chi connectivity index (χ2n) is 3.94. The second-order valence-corrected chi connectivity index (χ2v) is 4.80. The predicted molar refractivity (Wildman–Crippen MR) is 71.7 cm³/mol. The maximum Gasteiger partial charge on any atom is 0.303 e. The molecule has 0 spiro atoms. The highest BCUT2D eigenvalue weighted by molar-refractivity contribution is 9.10. The number of hydrogen-bond donors (Lipinski definition) is 1. The number of benzene rings is 1. The molecule has 1 aromatic carbocycles. The first kappa shape index (κ1) is 14.1. The minimum atomic E-state index is -0.906. The molecule has 1 aromatic heterocycles. The van der Waals surface area contributed by atoms with E-state index in [2.05, 4.69) is 26.2 Å². The molecule has 0 aliphatic carbocycles. The van der Waals surface area contributed by atoms with E-state index in [4.69, 9.17) is 5.11 Å². The highest BCUT2D eigenvalue weighted by Gasteiger charge is 2.12. The van der Waals surface area contributed by atoms with Crippen molar-refractivity contribution < 1.29 is 14.8 Å². The molecule has 8 nitrogen and oxygen atoms in total. The molecule has 0 aliphatic heterocycles. The summed E-state index contributed by atoms with van der Waals surface area (Å²) in [6, 6.07) is 4.27. The first-order chi connectivity index (χ1) is 9.47. The van der Waals surface area contributed by atoms with Crippen LogP contribution in [0, 0.1) is 10.1 Å². The normalized spacial score (nSPS) is 10.4. The van der Waals surface area contributed by atoms with Gasteiger partial charge >= 0.3 is 5.97 Å². The van der Waals surface area contributed by atoms with Crippen LogP contribution in [0.5, 0.6) is 0 Å². The van der Waals surface area contributed by atoms with Crippen molar-refractivity contribution in [2.45, 2.75) is 12.8 Å². The highest BCUT2D eigenvalue weighted by atomic mass is 79.9. The van der Waals surface area contributed by atoms with Crippen LogP contribution in [-0.2, 0) is 11.2 Å². The number of nitro benzene ring substituents is 1. The lowest BCUT2D eigenvalue weighted by atomic mass is 10.2. The van der Waals surface area contributed by atoms with E-state index in [0.717, 1.165) is 0 Å². The van der Waals surface area contributed by atoms with E-state index in [1.54, 1.807) is 6.20 Å². The molecule has 9 heteroatoms. The van der Waals surface area contributed by atoms with Crippen LogP contribution in [0.3, 0.4) is 0 Å². The van der Waals surface area contributed by atoms with Crippen molar-refractivity contribution in [2.75, 3.05) is 0 Å². The first-order valence-electron chi connectivity index (χ1n) is 5.54. The third kappa shape index (κ3) is 3.18. The fourth-order valence-corrected chi connectivity index (χ4v) is 2.11. The molecular weight excluding hydrogens is 332 g/mol. The predicted octanol–water partition coefficient (Wildman–Crippen LogP) is 1.96. The molecule has 0 saturated heterocycles. The Bertz CT molecular complexity index is 670. The van der Waals surface area contributed by atoms with Gasteiger partial charge in [-0.05, 0) is 22.0 Å². The topological polar surface area (TPSA) is 111 Å². The molecule has 0 atom stereocenters. The average Bonchev–Trinajstić information content (AvgIpc) is 2.84. The van der Waals surface area contributed by atoms with Crippen LogP contribution >= 0.6 is 15.9 Å². The quantitative estimate of drug-likeness (QED) is 0.657. The van der Waals surface area contributed by atoms with E-state index in [0.29, 0.717) is 15.9 Å². The van der Waals surface area contributed by atoms with Gasteiger partial charge in [-0.25, -0.2) is 4.68 Å². The van der Waals surface area contributed by atoms with Gasteiger partial charge in [0.15, 0.2) is 0 Å². The molecule has 1 N–H and O–H groups in total. The number of halogens is 1. The van der Waals surface area contributed by atoms with E-state index >= 15 is 0 Å². The molecule has 20 heavy (non-hydrogen) atoms. The lowest BCUT2D eigenvalue weighted by Crippen LogP contribution is -1.98. The van der Waals surface area contributed by atoms with Crippen molar-refractivity contribution in [1.82, 2.24) is 15.0 Å². The zero-order chi connectivity index (χ0) is 14.7. The summed E-state index contributed by atoms with van der Waals surface area (Å²) >= 11 is 3.24. The van der Waals surface area contributed by atoms with E-state index in [-0.39, 0.29) is 18.5 Å². The highest BCUT2D eigenvalue weighted by Crippen LogP contribution is 2.25. The Morgan fingerprint density at radius 1 is 1.50 bits per heavy atom. The number of hydrogen-bond acceptors (Lipinski definition) is 5. The van der Waals surface area contributed by atoms with Gasteiger partial charge in [-0.2, -0.15) is 0 Å². The molecule has 0 amide bonds. The number of non-ortho nitro benzene ring substituents is 1. The van der Waals surface area contributed by atoms with Crippen molar-refractivity contribution in [1.29, 1.82) is 0 Å². The van der Waals surface area contributed by atoms with Gasteiger partial charge in [-0.1, -0.05) is 5.21 Å². The molecule has 2 rings (SSSR count). The van der Waals surface area contributed by atoms with Gasteiger partial charge in [-0.3, -0.25) is 14.9 Å². The number of aliphatic carboxylic acids is 1. The Kier molecular flexibility index (Phi) is 4.08. The SMILES string of the molecule is O=C(O)CCc1cn(-c2ccc([N+](=O)[O-])cc2Br)nn1. The number of aryl methyl sites for hydroxylation is 1. The summed E-state index contributed by atoms with van der Waals surface area (Å²) in [7, 11) is 0. The molecule has 2 aromatic rings. The van der Waals surface area contributed by atoms with Gasteiger partial charge in [0.25, 0.3) is 5.69 Å². The largest absolute Gasteiger partial charge is 0.481 e. The summed E-state index contributed by atoms with van der Waals surface area (Å²) in [6.07, 6.45) is 1.84. The summed E-state index contributed by atoms with van der Waals surface area (Å²) in [5.41, 5.74) is 1.09. The Labute approximate surface area is 121 Å². The van der Waals surface area contributed by atoms with Crippen LogP contribution in [0.4, 0.5) is 5.69 Å². The van der Waals surface area contributed by atoms with Crippen molar-refractivity contribution in [2.24, 2.45) is 0 Å². The number of carboxylic acid groups (broad SMARTS) is 1. The smallest absolute Gasteiger partial charge is 0.303 e. The molecule has 0 saturated carbocycles. The molecule has 0 radical (unpaired) electrons. The van der Waals surface area contributed by atoms with E-state index < -0.39 is 10.9 Å². The van der Waals surface area contributed by atoms with Crippen LogP contribution < -0.4 is 0 Å². The van der Waals surface area contributed by atoms with Crippen LogP contribution in [0.15, 0.2) is 28.9 Å². The fraction of sp³-hybridized carbons (Fsp3) is 0.182. The third-order valence-corrected chi connectivity index (χ3v) is 3.16.